The average Bonchev–Trinajstić information content (AvgIpc) is 3.08. The van der Waals surface area contributed by atoms with Gasteiger partial charge in [0.15, 0.2) is 5.60 Å². The summed E-state index contributed by atoms with van der Waals surface area (Å²) in [6.07, 6.45) is -1.72. The third-order valence-corrected chi connectivity index (χ3v) is 3.76. The molecule has 0 bridgehead atoms. The SMILES string of the molecule is OC(c1ccc(F)cc1F)(C(F)F)C(c1cc(F)ccn1)n1cnnn1. The quantitative estimate of drug-likeness (QED) is 0.696. The van der Waals surface area contributed by atoms with Crippen LogP contribution in [0, 0.1) is 17.5 Å². The zero-order valence-corrected chi connectivity index (χ0v) is 12.8. The smallest absolute Gasteiger partial charge is 0.273 e. The first-order chi connectivity index (χ1) is 12.3. The Balaban J connectivity index is 2.27. The van der Waals surface area contributed by atoms with E-state index < -0.39 is 41.1 Å². The van der Waals surface area contributed by atoms with E-state index in [1.165, 1.54) is 0 Å². The van der Waals surface area contributed by atoms with Gasteiger partial charge >= 0.3 is 0 Å². The minimum absolute atomic E-state index is 0.346. The molecule has 11 heteroatoms. The van der Waals surface area contributed by atoms with Crippen molar-refractivity contribution in [2.45, 2.75) is 18.1 Å². The largest absolute Gasteiger partial charge is 0.377 e. The first-order valence-corrected chi connectivity index (χ1v) is 7.14. The third kappa shape index (κ3) is 3.01. The van der Waals surface area contributed by atoms with E-state index in [2.05, 4.69) is 20.5 Å². The summed E-state index contributed by atoms with van der Waals surface area (Å²) in [4.78, 5) is 3.77. The molecule has 0 aliphatic heterocycles. The lowest BCUT2D eigenvalue weighted by molar-refractivity contribution is -0.131. The average molecular weight is 371 g/mol. The molecule has 3 aromatic rings. The van der Waals surface area contributed by atoms with Crippen molar-refractivity contribution in [3.63, 3.8) is 0 Å². The first kappa shape index (κ1) is 17.9. The molecule has 0 aliphatic rings. The van der Waals surface area contributed by atoms with Crippen LogP contribution in [0.3, 0.4) is 0 Å². The van der Waals surface area contributed by atoms with Crippen molar-refractivity contribution in [1.29, 1.82) is 0 Å². The number of rotatable bonds is 5. The predicted octanol–water partition coefficient (Wildman–Crippen LogP) is 2.23. The molecule has 26 heavy (non-hydrogen) atoms. The molecule has 3 rings (SSSR count). The molecule has 0 radical (unpaired) electrons. The van der Waals surface area contributed by atoms with E-state index in [9.17, 15) is 27.1 Å². The second-order valence-corrected chi connectivity index (χ2v) is 5.34. The number of halogens is 5. The van der Waals surface area contributed by atoms with Crippen LogP contribution < -0.4 is 0 Å². The number of hydrogen-bond donors (Lipinski definition) is 1. The number of hydrogen-bond acceptors (Lipinski definition) is 5. The van der Waals surface area contributed by atoms with Crippen molar-refractivity contribution >= 4 is 0 Å². The van der Waals surface area contributed by atoms with Gasteiger partial charge in [0.2, 0.25) is 0 Å². The van der Waals surface area contributed by atoms with Crippen LogP contribution in [0.4, 0.5) is 22.0 Å². The van der Waals surface area contributed by atoms with Crippen molar-refractivity contribution in [2.75, 3.05) is 0 Å². The molecule has 2 heterocycles. The first-order valence-electron chi connectivity index (χ1n) is 7.14. The highest BCUT2D eigenvalue weighted by atomic mass is 19.3. The summed E-state index contributed by atoms with van der Waals surface area (Å²) in [5.74, 6) is -3.27. The maximum Gasteiger partial charge on any atom is 0.273 e. The summed E-state index contributed by atoms with van der Waals surface area (Å²) in [7, 11) is 0. The van der Waals surface area contributed by atoms with Gasteiger partial charge in [-0.05, 0) is 34.7 Å². The Morgan fingerprint density at radius 1 is 1.04 bits per heavy atom. The number of alkyl halides is 2. The summed E-state index contributed by atoms with van der Waals surface area (Å²) in [5, 5.41) is 20.9. The maximum absolute atomic E-state index is 14.2. The second-order valence-electron chi connectivity index (χ2n) is 5.34. The van der Waals surface area contributed by atoms with E-state index in [-0.39, 0.29) is 5.69 Å². The van der Waals surface area contributed by atoms with Crippen LogP contribution in [0.5, 0.6) is 0 Å². The van der Waals surface area contributed by atoms with Crippen LogP contribution in [0.15, 0.2) is 42.9 Å². The van der Waals surface area contributed by atoms with Crippen molar-refractivity contribution in [3.05, 3.63) is 71.6 Å². The highest BCUT2D eigenvalue weighted by Crippen LogP contribution is 2.42. The number of aliphatic hydroxyl groups is 1. The van der Waals surface area contributed by atoms with Crippen molar-refractivity contribution < 1.29 is 27.1 Å². The molecule has 1 aromatic carbocycles. The highest BCUT2D eigenvalue weighted by Gasteiger charge is 2.52. The van der Waals surface area contributed by atoms with E-state index in [1.54, 1.807) is 0 Å². The molecule has 2 aromatic heterocycles. The lowest BCUT2D eigenvalue weighted by Gasteiger charge is -2.35. The van der Waals surface area contributed by atoms with Gasteiger partial charge in [-0.2, -0.15) is 0 Å². The van der Waals surface area contributed by atoms with Gasteiger partial charge in [0.1, 0.15) is 29.8 Å². The monoisotopic (exact) mass is 371 g/mol. The highest BCUT2D eigenvalue weighted by molar-refractivity contribution is 5.31. The molecule has 2 atom stereocenters. The zero-order chi connectivity index (χ0) is 18.9. The Labute approximate surface area is 142 Å². The lowest BCUT2D eigenvalue weighted by Crippen LogP contribution is -2.45. The molecule has 0 spiro atoms. The topological polar surface area (TPSA) is 76.7 Å². The van der Waals surface area contributed by atoms with Crippen LogP contribution in [-0.4, -0.2) is 36.7 Å². The van der Waals surface area contributed by atoms with Crippen LogP contribution in [0.1, 0.15) is 17.3 Å². The fraction of sp³-hybridized carbons (Fsp3) is 0.200. The molecule has 0 aliphatic carbocycles. The summed E-state index contributed by atoms with van der Waals surface area (Å²) >= 11 is 0. The van der Waals surface area contributed by atoms with E-state index in [0.29, 0.717) is 22.9 Å². The second kappa shape index (κ2) is 6.75. The van der Waals surface area contributed by atoms with Gasteiger partial charge < -0.3 is 5.11 Å². The molecular weight excluding hydrogens is 361 g/mol. The molecule has 2 unspecified atom stereocenters. The number of benzene rings is 1. The van der Waals surface area contributed by atoms with Crippen LogP contribution in [0.25, 0.3) is 0 Å². The van der Waals surface area contributed by atoms with Crippen LogP contribution in [0.2, 0.25) is 0 Å². The molecule has 0 saturated carbocycles. The fourth-order valence-corrected chi connectivity index (χ4v) is 2.62. The number of nitrogens with zero attached hydrogens (tertiary/aromatic N) is 5. The number of aromatic nitrogens is 5. The third-order valence-electron chi connectivity index (χ3n) is 3.76. The molecule has 136 valence electrons. The van der Waals surface area contributed by atoms with Gasteiger partial charge in [0, 0.05) is 17.8 Å². The van der Waals surface area contributed by atoms with Gasteiger partial charge in [-0.3, -0.25) is 4.98 Å². The zero-order valence-electron chi connectivity index (χ0n) is 12.8. The van der Waals surface area contributed by atoms with Gasteiger partial charge in [0.25, 0.3) is 6.43 Å². The normalized spacial score (nSPS) is 15.0. The Hall–Kier alpha value is -2.95. The molecule has 0 fully saturated rings. The number of tetrazole rings is 1. The van der Waals surface area contributed by atoms with E-state index >= 15 is 0 Å². The molecular formula is C15H10F5N5O. The molecule has 1 N–H and O–H groups in total. The summed E-state index contributed by atoms with van der Waals surface area (Å²) in [6, 6.07) is 1.57. The Morgan fingerprint density at radius 2 is 1.77 bits per heavy atom. The molecule has 0 amide bonds. The molecule has 6 nitrogen and oxygen atoms in total. The van der Waals surface area contributed by atoms with Crippen LogP contribution in [-0.2, 0) is 5.60 Å². The summed E-state index contributed by atoms with van der Waals surface area (Å²) < 4.78 is 69.6. The minimum Gasteiger partial charge on any atom is -0.377 e. The summed E-state index contributed by atoms with van der Waals surface area (Å²) in [5.41, 5.74) is -4.57. The van der Waals surface area contributed by atoms with E-state index in [0.717, 1.165) is 24.7 Å². The Morgan fingerprint density at radius 3 is 2.35 bits per heavy atom. The van der Waals surface area contributed by atoms with Crippen molar-refractivity contribution in [2.24, 2.45) is 0 Å². The van der Waals surface area contributed by atoms with Gasteiger partial charge in [-0.15, -0.1) is 5.10 Å². The maximum atomic E-state index is 14.2. The van der Waals surface area contributed by atoms with Gasteiger partial charge in [-0.25, -0.2) is 26.6 Å². The Bertz CT molecular complexity index is 907. The number of pyridine rings is 1. The van der Waals surface area contributed by atoms with Crippen molar-refractivity contribution in [1.82, 2.24) is 25.2 Å². The fourth-order valence-electron chi connectivity index (χ4n) is 2.62. The standard InChI is InChI=1S/C15H10F5N5O/c16-8-1-2-10(11(18)5-8)15(26,14(19)20)13(25-7-22-23-24-25)12-6-9(17)3-4-21-12/h1-7,13-14,26H. The van der Waals surface area contributed by atoms with E-state index in [1.807, 2.05) is 0 Å². The summed E-state index contributed by atoms with van der Waals surface area (Å²) in [6.45, 7) is 0. The van der Waals surface area contributed by atoms with Gasteiger partial charge in [0.05, 0.1) is 5.69 Å². The lowest BCUT2D eigenvalue weighted by atomic mass is 9.84. The minimum atomic E-state index is -3.58. The van der Waals surface area contributed by atoms with Crippen molar-refractivity contribution in [3.8, 4) is 0 Å². The Kier molecular flexibility index (Phi) is 4.64. The predicted molar refractivity (Wildman–Crippen MR) is 76.4 cm³/mol. The van der Waals surface area contributed by atoms with Crippen LogP contribution >= 0.6 is 0 Å². The molecule has 0 saturated heterocycles. The van der Waals surface area contributed by atoms with E-state index in [4.69, 9.17) is 0 Å². The van der Waals surface area contributed by atoms with Gasteiger partial charge in [-0.1, -0.05) is 0 Å².